The zero-order chi connectivity index (χ0) is 14.7. The lowest BCUT2D eigenvalue weighted by Gasteiger charge is -2.34. The highest BCUT2D eigenvalue weighted by Crippen LogP contribution is 2.33. The molecule has 2 atom stereocenters. The number of aliphatic hydroxyl groups is 1. The Morgan fingerprint density at radius 2 is 1.95 bits per heavy atom. The third kappa shape index (κ3) is 3.14. The quantitative estimate of drug-likeness (QED) is 0.858. The fourth-order valence-electron chi connectivity index (χ4n) is 3.37. The predicted molar refractivity (Wildman–Crippen MR) is 74.0 cm³/mol. The standard InChI is InChI=1S/C15H25NO4/c1-10(2)12(13(17)11-6-4-3-5-7-11)14(18)16-8-9-20-15(16)19/h10-13,17H,3-9H2,1-2H3/t12-,13+/m0/s1. The van der Waals surface area contributed by atoms with Crippen LogP contribution in [0.15, 0.2) is 0 Å². The van der Waals surface area contributed by atoms with Crippen LogP contribution >= 0.6 is 0 Å². The summed E-state index contributed by atoms with van der Waals surface area (Å²) in [4.78, 5) is 25.2. The van der Waals surface area contributed by atoms with E-state index in [4.69, 9.17) is 4.74 Å². The maximum atomic E-state index is 12.5. The average Bonchev–Trinajstić information content (AvgIpc) is 2.85. The summed E-state index contributed by atoms with van der Waals surface area (Å²) in [7, 11) is 0. The van der Waals surface area contributed by atoms with E-state index in [1.54, 1.807) is 0 Å². The van der Waals surface area contributed by atoms with E-state index in [1.807, 2.05) is 13.8 Å². The molecule has 114 valence electrons. The van der Waals surface area contributed by atoms with Crippen molar-refractivity contribution in [1.29, 1.82) is 0 Å². The number of aliphatic hydroxyl groups excluding tert-OH is 1. The molecule has 1 aliphatic heterocycles. The molecule has 0 spiro atoms. The number of amides is 2. The summed E-state index contributed by atoms with van der Waals surface area (Å²) >= 11 is 0. The van der Waals surface area contributed by atoms with E-state index in [0.29, 0.717) is 6.54 Å². The monoisotopic (exact) mass is 283 g/mol. The Bertz CT molecular complexity index is 363. The SMILES string of the molecule is CC(C)[C@H](C(=O)N1CCOC1=O)[C@H](O)C1CCCCC1. The van der Waals surface area contributed by atoms with Crippen molar-refractivity contribution in [1.82, 2.24) is 4.90 Å². The summed E-state index contributed by atoms with van der Waals surface area (Å²) in [6.07, 6.45) is 4.17. The van der Waals surface area contributed by atoms with Gasteiger partial charge in [-0.25, -0.2) is 9.69 Å². The number of carbonyl (C=O) groups excluding carboxylic acids is 2. The molecular formula is C15H25NO4. The van der Waals surface area contributed by atoms with Crippen molar-refractivity contribution in [2.45, 2.75) is 52.1 Å². The molecule has 0 bridgehead atoms. The predicted octanol–water partition coefficient (Wildman–Crippen LogP) is 2.18. The Kier molecular flexibility index (Phi) is 5.02. The lowest BCUT2D eigenvalue weighted by molar-refractivity contribution is -0.140. The first-order valence-corrected chi connectivity index (χ1v) is 7.68. The second kappa shape index (κ2) is 6.57. The number of ether oxygens (including phenoxy) is 1. The number of hydrogen-bond acceptors (Lipinski definition) is 4. The number of rotatable bonds is 4. The van der Waals surface area contributed by atoms with Gasteiger partial charge in [0.2, 0.25) is 5.91 Å². The van der Waals surface area contributed by atoms with Crippen molar-refractivity contribution in [3.8, 4) is 0 Å². The molecule has 5 heteroatoms. The van der Waals surface area contributed by atoms with Crippen LogP contribution in [0.1, 0.15) is 46.0 Å². The maximum Gasteiger partial charge on any atom is 0.416 e. The van der Waals surface area contributed by atoms with Gasteiger partial charge in [-0.2, -0.15) is 0 Å². The van der Waals surface area contributed by atoms with Gasteiger partial charge in [0.15, 0.2) is 0 Å². The molecule has 0 unspecified atom stereocenters. The summed E-state index contributed by atoms with van der Waals surface area (Å²) < 4.78 is 4.83. The Labute approximate surface area is 120 Å². The summed E-state index contributed by atoms with van der Waals surface area (Å²) in [6, 6.07) is 0. The Morgan fingerprint density at radius 1 is 1.30 bits per heavy atom. The molecular weight excluding hydrogens is 258 g/mol. The van der Waals surface area contributed by atoms with Crippen molar-refractivity contribution >= 4 is 12.0 Å². The molecule has 2 rings (SSSR count). The van der Waals surface area contributed by atoms with Crippen LogP contribution in [0.2, 0.25) is 0 Å². The van der Waals surface area contributed by atoms with E-state index >= 15 is 0 Å². The summed E-state index contributed by atoms with van der Waals surface area (Å²) in [5.74, 6) is -0.601. The molecule has 1 heterocycles. The third-order valence-corrected chi connectivity index (χ3v) is 4.53. The topological polar surface area (TPSA) is 66.8 Å². The molecule has 2 amide bonds. The number of cyclic esters (lactones) is 1. The molecule has 1 N–H and O–H groups in total. The zero-order valence-electron chi connectivity index (χ0n) is 12.4. The highest BCUT2D eigenvalue weighted by Gasteiger charge is 2.41. The average molecular weight is 283 g/mol. The lowest BCUT2D eigenvalue weighted by atomic mass is 9.76. The molecule has 20 heavy (non-hydrogen) atoms. The smallest absolute Gasteiger partial charge is 0.416 e. The van der Waals surface area contributed by atoms with E-state index < -0.39 is 18.1 Å². The largest absolute Gasteiger partial charge is 0.447 e. The maximum absolute atomic E-state index is 12.5. The van der Waals surface area contributed by atoms with E-state index in [2.05, 4.69) is 0 Å². The fraction of sp³-hybridized carbons (Fsp3) is 0.867. The molecule has 1 aliphatic carbocycles. The minimum absolute atomic E-state index is 0.00725. The van der Waals surface area contributed by atoms with Gasteiger partial charge in [-0.1, -0.05) is 33.1 Å². The molecule has 0 aromatic heterocycles. The molecule has 0 radical (unpaired) electrons. The van der Waals surface area contributed by atoms with E-state index in [1.165, 1.54) is 6.42 Å². The minimum atomic E-state index is -0.656. The van der Waals surface area contributed by atoms with Gasteiger partial charge in [0.25, 0.3) is 0 Å². The van der Waals surface area contributed by atoms with Crippen molar-refractivity contribution in [2.75, 3.05) is 13.2 Å². The Balaban J connectivity index is 2.09. The van der Waals surface area contributed by atoms with Gasteiger partial charge in [-0.15, -0.1) is 0 Å². The lowest BCUT2D eigenvalue weighted by Crippen LogP contribution is -2.46. The van der Waals surface area contributed by atoms with Gasteiger partial charge in [-0.05, 0) is 24.7 Å². The van der Waals surface area contributed by atoms with E-state index in [-0.39, 0.29) is 24.3 Å². The second-order valence-electron chi connectivity index (χ2n) is 6.26. The number of hydrogen-bond donors (Lipinski definition) is 1. The molecule has 2 aliphatic rings. The summed E-state index contributed by atoms with van der Waals surface area (Å²) in [6.45, 7) is 4.42. The van der Waals surface area contributed by atoms with Crippen molar-refractivity contribution in [3.63, 3.8) is 0 Å². The van der Waals surface area contributed by atoms with Crippen LogP contribution in [-0.4, -0.2) is 41.3 Å². The van der Waals surface area contributed by atoms with Crippen LogP contribution in [0.4, 0.5) is 4.79 Å². The van der Waals surface area contributed by atoms with Crippen LogP contribution in [0.25, 0.3) is 0 Å². The van der Waals surface area contributed by atoms with Gasteiger partial charge in [0.05, 0.1) is 18.6 Å². The molecule has 1 saturated heterocycles. The van der Waals surface area contributed by atoms with Crippen LogP contribution in [-0.2, 0) is 9.53 Å². The highest BCUT2D eigenvalue weighted by molar-refractivity contribution is 5.94. The second-order valence-corrected chi connectivity index (χ2v) is 6.26. The normalized spacial score (nSPS) is 23.8. The van der Waals surface area contributed by atoms with Crippen LogP contribution in [0.5, 0.6) is 0 Å². The Morgan fingerprint density at radius 3 is 2.45 bits per heavy atom. The minimum Gasteiger partial charge on any atom is -0.447 e. The molecule has 5 nitrogen and oxygen atoms in total. The number of nitrogens with zero attached hydrogens (tertiary/aromatic N) is 1. The summed E-state index contributed by atoms with van der Waals surface area (Å²) in [5.41, 5.74) is 0. The van der Waals surface area contributed by atoms with Crippen LogP contribution in [0.3, 0.4) is 0 Å². The van der Waals surface area contributed by atoms with Crippen molar-refractivity contribution in [3.05, 3.63) is 0 Å². The molecule has 0 aromatic rings. The Hall–Kier alpha value is -1.10. The van der Waals surface area contributed by atoms with Gasteiger partial charge >= 0.3 is 6.09 Å². The van der Waals surface area contributed by atoms with E-state index in [9.17, 15) is 14.7 Å². The third-order valence-electron chi connectivity index (χ3n) is 4.53. The first-order chi connectivity index (χ1) is 9.52. The van der Waals surface area contributed by atoms with E-state index in [0.717, 1.165) is 30.6 Å². The highest BCUT2D eigenvalue weighted by atomic mass is 16.6. The first kappa shape index (κ1) is 15.3. The van der Waals surface area contributed by atoms with Gasteiger partial charge in [-0.3, -0.25) is 4.79 Å². The molecule has 2 fully saturated rings. The summed E-state index contributed by atoms with van der Waals surface area (Å²) in [5, 5.41) is 10.6. The van der Waals surface area contributed by atoms with Crippen LogP contribution < -0.4 is 0 Å². The molecule has 1 saturated carbocycles. The van der Waals surface area contributed by atoms with Crippen molar-refractivity contribution in [2.24, 2.45) is 17.8 Å². The first-order valence-electron chi connectivity index (χ1n) is 7.68. The molecule has 0 aromatic carbocycles. The van der Waals surface area contributed by atoms with Gasteiger partial charge < -0.3 is 9.84 Å². The van der Waals surface area contributed by atoms with Gasteiger partial charge in [0.1, 0.15) is 6.61 Å². The van der Waals surface area contributed by atoms with Crippen molar-refractivity contribution < 1.29 is 19.4 Å². The number of carbonyl (C=O) groups is 2. The van der Waals surface area contributed by atoms with Crippen LogP contribution in [0, 0.1) is 17.8 Å². The number of imide groups is 1. The van der Waals surface area contributed by atoms with Gasteiger partial charge in [0, 0.05) is 0 Å². The zero-order valence-corrected chi connectivity index (χ0v) is 12.4. The fourth-order valence-corrected chi connectivity index (χ4v) is 3.37.